The van der Waals surface area contributed by atoms with E-state index >= 15 is 0 Å². The first-order valence-electron chi connectivity index (χ1n) is 9.04. The number of nitrogens with one attached hydrogen (secondary N) is 1. The van der Waals surface area contributed by atoms with Crippen LogP contribution in [-0.2, 0) is 11.3 Å². The van der Waals surface area contributed by atoms with Crippen molar-refractivity contribution in [2.24, 2.45) is 0 Å². The molecule has 0 bridgehead atoms. The van der Waals surface area contributed by atoms with Gasteiger partial charge in [-0.05, 0) is 31.5 Å². The van der Waals surface area contributed by atoms with E-state index in [9.17, 15) is 22.4 Å². The van der Waals surface area contributed by atoms with Gasteiger partial charge in [-0.1, -0.05) is 0 Å². The minimum Gasteiger partial charge on any atom is -0.328 e. The molecular formula is C19H22F4N4O. The van der Waals surface area contributed by atoms with Gasteiger partial charge in [-0.3, -0.25) is 9.69 Å². The number of rotatable bonds is 5. The number of piperidine rings is 1. The van der Waals surface area contributed by atoms with E-state index in [4.69, 9.17) is 0 Å². The van der Waals surface area contributed by atoms with Crippen LogP contribution < -0.4 is 5.32 Å². The second-order valence-corrected chi connectivity index (χ2v) is 7.14. The Kier molecular flexibility index (Phi) is 5.74. The Bertz CT molecular complexity index is 837. The van der Waals surface area contributed by atoms with Crippen LogP contribution in [0.3, 0.4) is 0 Å². The first-order valence-corrected chi connectivity index (χ1v) is 9.04. The van der Waals surface area contributed by atoms with E-state index < -0.39 is 23.6 Å². The van der Waals surface area contributed by atoms with Crippen LogP contribution in [-0.4, -0.2) is 45.4 Å². The van der Waals surface area contributed by atoms with E-state index in [1.807, 2.05) is 0 Å². The van der Waals surface area contributed by atoms with Crippen molar-refractivity contribution in [2.75, 3.05) is 18.4 Å². The molecule has 3 rings (SSSR count). The molecule has 1 aromatic carbocycles. The van der Waals surface area contributed by atoms with Crippen LogP contribution in [0.1, 0.15) is 31.2 Å². The highest BCUT2D eigenvalue weighted by atomic mass is 19.3. The maximum atomic E-state index is 13.3. The number of hydrogen-bond donors (Lipinski definition) is 1. The second kappa shape index (κ2) is 7.90. The van der Waals surface area contributed by atoms with Crippen LogP contribution in [0, 0.1) is 18.6 Å². The summed E-state index contributed by atoms with van der Waals surface area (Å²) in [6.07, 6.45) is 1.05. The maximum Gasteiger partial charge on any atom is 0.250 e. The number of carbonyl (C=O) groups excluding carboxylic acids is 1. The van der Waals surface area contributed by atoms with E-state index in [0.717, 1.165) is 6.07 Å². The van der Waals surface area contributed by atoms with Crippen molar-refractivity contribution in [3.63, 3.8) is 0 Å². The molecule has 1 aromatic heterocycles. The Morgan fingerprint density at radius 1 is 1.21 bits per heavy atom. The minimum atomic E-state index is -2.67. The van der Waals surface area contributed by atoms with E-state index in [1.165, 1.54) is 12.1 Å². The highest BCUT2D eigenvalue weighted by Crippen LogP contribution is 2.28. The third kappa shape index (κ3) is 4.89. The van der Waals surface area contributed by atoms with E-state index in [2.05, 4.69) is 10.3 Å². The van der Waals surface area contributed by atoms with Gasteiger partial charge in [0.25, 0.3) is 5.92 Å². The molecule has 1 fully saturated rings. The molecule has 1 atom stereocenters. The molecule has 0 saturated carbocycles. The summed E-state index contributed by atoms with van der Waals surface area (Å²) in [6.45, 7) is 3.88. The lowest BCUT2D eigenvalue weighted by molar-refractivity contribution is -0.124. The molecule has 1 amide bonds. The van der Waals surface area contributed by atoms with Crippen LogP contribution in [0.15, 0.2) is 24.4 Å². The first kappa shape index (κ1) is 20.3. The number of aryl methyl sites for hydroxylation is 1. The number of carbonyl (C=O) groups is 1. The monoisotopic (exact) mass is 398 g/mol. The highest BCUT2D eigenvalue weighted by Gasteiger charge is 2.36. The number of anilines is 1. The predicted molar refractivity (Wildman–Crippen MR) is 96.3 cm³/mol. The fourth-order valence-electron chi connectivity index (χ4n) is 3.26. The van der Waals surface area contributed by atoms with Crippen molar-refractivity contribution in [1.82, 2.24) is 14.5 Å². The van der Waals surface area contributed by atoms with Crippen LogP contribution in [0.4, 0.5) is 23.4 Å². The van der Waals surface area contributed by atoms with Crippen LogP contribution in [0.25, 0.3) is 0 Å². The van der Waals surface area contributed by atoms with Gasteiger partial charge in [0, 0.05) is 44.7 Å². The molecule has 2 aromatic rings. The van der Waals surface area contributed by atoms with Crippen molar-refractivity contribution < 1.29 is 22.4 Å². The Morgan fingerprint density at radius 3 is 2.43 bits per heavy atom. The molecule has 28 heavy (non-hydrogen) atoms. The van der Waals surface area contributed by atoms with Crippen molar-refractivity contribution in [3.8, 4) is 0 Å². The summed E-state index contributed by atoms with van der Waals surface area (Å²) in [7, 11) is 0. The van der Waals surface area contributed by atoms with Gasteiger partial charge in [-0.25, -0.2) is 22.5 Å². The number of aromatic nitrogens is 2. The van der Waals surface area contributed by atoms with Crippen LogP contribution in [0.5, 0.6) is 0 Å². The number of likely N-dealkylation sites (tertiary alicyclic amines) is 1. The van der Waals surface area contributed by atoms with Gasteiger partial charge in [0.2, 0.25) is 5.91 Å². The average molecular weight is 398 g/mol. The Labute approximate surface area is 160 Å². The zero-order valence-electron chi connectivity index (χ0n) is 15.7. The van der Waals surface area contributed by atoms with Crippen LogP contribution in [0.2, 0.25) is 0 Å². The van der Waals surface area contributed by atoms with Crippen molar-refractivity contribution in [3.05, 3.63) is 47.4 Å². The summed E-state index contributed by atoms with van der Waals surface area (Å²) in [6, 6.07) is 2.69. The summed E-state index contributed by atoms with van der Waals surface area (Å²) in [5, 5.41) is 2.68. The molecule has 0 spiro atoms. The summed E-state index contributed by atoms with van der Waals surface area (Å²) < 4.78 is 54.9. The van der Waals surface area contributed by atoms with Gasteiger partial charge in [0.1, 0.15) is 17.5 Å². The molecule has 0 radical (unpaired) electrons. The van der Waals surface area contributed by atoms with Gasteiger partial charge in [0.15, 0.2) is 5.82 Å². The van der Waals surface area contributed by atoms with E-state index in [-0.39, 0.29) is 38.4 Å². The zero-order chi connectivity index (χ0) is 20.5. The second-order valence-electron chi connectivity index (χ2n) is 7.14. The average Bonchev–Trinajstić information content (AvgIpc) is 2.92. The molecule has 1 N–H and O–H groups in total. The van der Waals surface area contributed by atoms with Crippen molar-refractivity contribution >= 4 is 11.7 Å². The normalized spacial score (nSPS) is 18.1. The van der Waals surface area contributed by atoms with Gasteiger partial charge in [0.05, 0.1) is 6.04 Å². The summed E-state index contributed by atoms with van der Waals surface area (Å²) >= 11 is 0. The quantitative estimate of drug-likeness (QED) is 0.784. The van der Waals surface area contributed by atoms with Crippen LogP contribution >= 0.6 is 0 Å². The fraction of sp³-hybridized carbons (Fsp3) is 0.474. The molecule has 2 heterocycles. The van der Waals surface area contributed by atoms with Gasteiger partial charge in [-0.2, -0.15) is 0 Å². The van der Waals surface area contributed by atoms with Gasteiger partial charge < -0.3 is 9.88 Å². The topological polar surface area (TPSA) is 50.2 Å². The molecule has 152 valence electrons. The molecule has 1 aliphatic rings. The van der Waals surface area contributed by atoms with Gasteiger partial charge in [-0.15, -0.1) is 0 Å². The number of alkyl halides is 2. The molecule has 9 heteroatoms. The standard InChI is InChI=1S/C19H22F4N4O/c1-12(26-5-3-19(22,23)4-6-26)18(28)25-17-11-27(13(2)24-17)10-14-7-15(20)9-16(21)8-14/h7-9,11-12H,3-6,10H2,1-2H3,(H,25,28)/t12-/m1/s1. The zero-order valence-corrected chi connectivity index (χ0v) is 15.7. The highest BCUT2D eigenvalue weighted by molar-refractivity contribution is 5.93. The SMILES string of the molecule is Cc1nc(NC(=O)[C@@H](C)N2CCC(F)(F)CC2)cn1Cc1cc(F)cc(F)c1. The van der Waals surface area contributed by atoms with Crippen molar-refractivity contribution in [1.29, 1.82) is 0 Å². The van der Waals surface area contributed by atoms with E-state index in [1.54, 1.807) is 29.5 Å². The largest absolute Gasteiger partial charge is 0.328 e. The lowest BCUT2D eigenvalue weighted by Crippen LogP contribution is -2.48. The minimum absolute atomic E-state index is 0.153. The number of nitrogens with zero attached hydrogens (tertiary/aromatic N) is 3. The Balaban J connectivity index is 1.63. The summed E-state index contributed by atoms with van der Waals surface area (Å²) in [4.78, 5) is 18.4. The lowest BCUT2D eigenvalue weighted by atomic mass is 10.0. The smallest absolute Gasteiger partial charge is 0.250 e. The first-order chi connectivity index (χ1) is 13.1. The molecular weight excluding hydrogens is 376 g/mol. The van der Waals surface area contributed by atoms with E-state index in [0.29, 0.717) is 17.2 Å². The number of hydrogen-bond acceptors (Lipinski definition) is 3. The molecule has 5 nitrogen and oxygen atoms in total. The molecule has 0 unspecified atom stereocenters. The maximum absolute atomic E-state index is 13.3. The molecule has 1 saturated heterocycles. The predicted octanol–water partition coefficient (Wildman–Crippen LogP) is 3.58. The lowest BCUT2D eigenvalue weighted by Gasteiger charge is -2.34. The summed E-state index contributed by atoms with van der Waals surface area (Å²) in [5.41, 5.74) is 0.429. The number of halogens is 4. The number of benzene rings is 1. The Morgan fingerprint density at radius 2 is 1.82 bits per heavy atom. The molecule has 1 aliphatic heterocycles. The Hall–Kier alpha value is -2.42. The van der Waals surface area contributed by atoms with Crippen molar-refractivity contribution in [2.45, 2.75) is 45.2 Å². The third-order valence-corrected chi connectivity index (χ3v) is 4.96. The third-order valence-electron chi connectivity index (χ3n) is 4.96. The van der Waals surface area contributed by atoms with Gasteiger partial charge >= 0.3 is 0 Å². The number of amides is 1. The fourth-order valence-corrected chi connectivity index (χ4v) is 3.26. The molecule has 0 aliphatic carbocycles. The summed E-state index contributed by atoms with van der Waals surface area (Å²) in [5.74, 6) is -3.48. The number of imidazole rings is 1.